The van der Waals surface area contributed by atoms with E-state index in [1.54, 1.807) is 0 Å². The van der Waals surface area contributed by atoms with E-state index in [0.29, 0.717) is 18.0 Å². The normalized spacial score (nSPS) is 11.0. The number of hydrogen-bond donors (Lipinski definition) is 2. The lowest BCUT2D eigenvalue weighted by molar-refractivity contribution is -0.138. The van der Waals surface area contributed by atoms with Gasteiger partial charge in [0.1, 0.15) is 23.7 Å². The predicted molar refractivity (Wildman–Crippen MR) is 166 cm³/mol. The number of para-hydroxylation sites is 1. The molecule has 0 atom stereocenters. The smallest absolute Gasteiger partial charge is 0.303 e. The van der Waals surface area contributed by atoms with Crippen molar-refractivity contribution in [2.45, 2.75) is 52.1 Å². The van der Waals surface area contributed by atoms with Crippen LogP contribution in [-0.4, -0.2) is 17.0 Å². The summed E-state index contributed by atoms with van der Waals surface area (Å²) in [6.07, 6.45) is 3.57. The monoisotopic (exact) mass is 561 g/mol. The fourth-order valence-corrected chi connectivity index (χ4v) is 5.00. The quantitative estimate of drug-likeness (QED) is 0.151. The molecule has 5 rings (SSSR count). The number of hydrogen-bond acceptors (Lipinski definition) is 4. The van der Waals surface area contributed by atoms with E-state index >= 15 is 0 Å². The maximum atomic E-state index is 12.5. The van der Waals surface area contributed by atoms with E-state index in [4.69, 9.17) is 14.3 Å². The first kappa shape index (κ1) is 28.7. The molecular weight excluding hydrogens is 526 g/mol. The van der Waals surface area contributed by atoms with Crippen molar-refractivity contribution < 1.29 is 23.8 Å². The highest BCUT2D eigenvalue weighted by molar-refractivity contribution is 5.94. The summed E-state index contributed by atoms with van der Waals surface area (Å²) in [4.78, 5) is 23.5. The van der Waals surface area contributed by atoms with Crippen molar-refractivity contribution >= 4 is 28.5 Å². The standard InChI is InChI=1S/C36H35NO5/c1-2-3-12-33-30(29-11-7-8-13-32(29)42-33)22-25-14-16-27(17-15-25)28-18-19-34(41-24-26-9-5-4-6-10-26)31(23-28)37-35(38)20-21-36(39)40/h4-11,13-19,23H,2-3,12,20-22,24H2,1H3,(H,37,38)(H,39,40). The molecular formula is C36H35NO5. The van der Waals surface area contributed by atoms with Gasteiger partial charge in [0.15, 0.2) is 0 Å². The Hall–Kier alpha value is -4.84. The van der Waals surface area contributed by atoms with Gasteiger partial charge in [0.05, 0.1) is 12.1 Å². The van der Waals surface area contributed by atoms with Gasteiger partial charge in [0, 0.05) is 30.2 Å². The maximum Gasteiger partial charge on any atom is 0.303 e. The number of carbonyl (C=O) groups is 2. The average Bonchev–Trinajstić information content (AvgIpc) is 3.36. The summed E-state index contributed by atoms with van der Waals surface area (Å²) in [5, 5.41) is 13.0. The number of fused-ring (bicyclic) bond motifs is 1. The molecule has 0 aliphatic carbocycles. The minimum atomic E-state index is -1.01. The Balaban J connectivity index is 1.37. The zero-order valence-corrected chi connectivity index (χ0v) is 23.8. The molecule has 0 saturated heterocycles. The topological polar surface area (TPSA) is 88.8 Å². The number of ether oxygens (including phenoxy) is 1. The number of carboxylic acids is 1. The van der Waals surface area contributed by atoms with Gasteiger partial charge in [0.2, 0.25) is 5.91 Å². The van der Waals surface area contributed by atoms with E-state index < -0.39 is 5.97 Å². The molecule has 214 valence electrons. The second-order valence-electron chi connectivity index (χ2n) is 10.4. The molecule has 1 amide bonds. The van der Waals surface area contributed by atoms with E-state index in [2.05, 4.69) is 48.6 Å². The van der Waals surface area contributed by atoms with Gasteiger partial charge in [-0.25, -0.2) is 0 Å². The zero-order valence-electron chi connectivity index (χ0n) is 23.8. The maximum absolute atomic E-state index is 12.5. The molecule has 0 bridgehead atoms. The van der Waals surface area contributed by atoms with Gasteiger partial charge in [0.25, 0.3) is 0 Å². The molecule has 2 N–H and O–H groups in total. The molecule has 0 radical (unpaired) electrons. The SMILES string of the molecule is CCCCc1oc2ccccc2c1Cc1ccc(-c2ccc(OCc3ccccc3)c(NC(=O)CCC(=O)O)c2)cc1. The van der Waals surface area contributed by atoms with Gasteiger partial charge in [-0.3, -0.25) is 9.59 Å². The van der Waals surface area contributed by atoms with Crippen LogP contribution in [0.1, 0.15) is 55.1 Å². The van der Waals surface area contributed by atoms with Crippen molar-refractivity contribution in [3.05, 3.63) is 120 Å². The summed E-state index contributed by atoms with van der Waals surface area (Å²) in [5.74, 6) is 0.201. The Morgan fingerprint density at radius 3 is 2.33 bits per heavy atom. The Morgan fingerprint density at radius 2 is 1.57 bits per heavy atom. The summed E-state index contributed by atoms with van der Waals surface area (Å²) < 4.78 is 12.3. The Labute approximate surface area is 246 Å². The number of aryl methyl sites for hydroxylation is 1. The first-order valence-electron chi connectivity index (χ1n) is 14.4. The number of rotatable bonds is 13. The van der Waals surface area contributed by atoms with Crippen LogP contribution in [0.3, 0.4) is 0 Å². The van der Waals surface area contributed by atoms with E-state index in [1.165, 1.54) is 16.5 Å². The molecule has 6 heteroatoms. The number of nitrogens with one attached hydrogen (secondary N) is 1. The Kier molecular flexibility index (Phi) is 9.34. The number of anilines is 1. The highest BCUT2D eigenvalue weighted by atomic mass is 16.5. The third-order valence-corrected chi connectivity index (χ3v) is 7.26. The largest absolute Gasteiger partial charge is 0.487 e. The molecule has 0 aliphatic rings. The molecule has 0 fully saturated rings. The summed E-state index contributed by atoms with van der Waals surface area (Å²) in [7, 11) is 0. The molecule has 6 nitrogen and oxygen atoms in total. The van der Waals surface area contributed by atoms with Crippen LogP contribution in [0.5, 0.6) is 5.75 Å². The first-order valence-corrected chi connectivity index (χ1v) is 14.4. The first-order chi connectivity index (χ1) is 20.5. The number of furan rings is 1. The van der Waals surface area contributed by atoms with Crippen LogP contribution in [-0.2, 0) is 29.0 Å². The lowest BCUT2D eigenvalue weighted by Crippen LogP contribution is -2.14. The zero-order chi connectivity index (χ0) is 29.3. The number of amides is 1. The highest BCUT2D eigenvalue weighted by Gasteiger charge is 2.15. The van der Waals surface area contributed by atoms with Crippen LogP contribution in [0.25, 0.3) is 22.1 Å². The van der Waals surface area contributed by atoms with Gasteiger partial charge >= 0.3 is 5.97 Å². The summed E-state index contributed by atoms with van der Waals surface area (Å²) in [6, 6.07) is 32.1. The molecule has 4 aromatic carbocycles. The van der Waals surface area contributed by atoms with Gasteiger partial charge in [-0.2, -0.15) is 0 Å². The third-order valence-electron chi connectivity index (χ3n) is 7.26. The van der Waals surface area contributed by atoms with E-state index in [9.17, 15) is 9.59 Å². The fraction of sp³-hybridized carbons (Fsp3) is 0.222. The minimum absolute atomic E-state index is 0.116. The summed E-state index contributed by atoms with van der Waals surface area (Å²) in [6.45, 7) is 2.53. The van der Waals surface area contributed by atoms with Gasteiger partial charge < -0.3 is 19.6 Å². The van der Waals surface area contributed by atoms with E-state index in [-0.39, 0.29) is 18.7 Å². The molecule has 0 aliphatic heterocycles. The Morgan fingerprint density at radius 1 is 0.833 bits per heavy atom. The molecule has 0 spiro atoms. The molecule has 1 heterocycles. The Bertz CT molecular complexity index is 1650. The van der Waals surface area contributed by atoms with Gasteiger partial charge in [-0.05, 0) is 46.9 Å². The molecule has 0 saturated carbocycles. The average molecular weight is 562 g/mol. The predicted octanol–water partition coefficient (Wildman–Crippen LogP) is 8.42. The van der Waals surface area contributed by atoms with Crippen molar-refractivity contribution in [3.8, 4) is 16.9 Å². The van der Waals surface area contributed by atoms with Crippen molar-refractivity contribution in [2.75, 3.05) is 5.32 Å². The summed E-state index contributed by atoms with van der Waals surface area (Å²) in [5.41, 5.74) is 6.79. The van der Waals surface area contributed by atoms with Crippen LogP contribution >= 0.6 is 0 Å². The fourth-order valence-electron chi connectivity index (χ4n) is 5.00. The number of carboxylic acid groups (broad SMARTS) is 1. The minimum Gasteiger partial charge on any atom is -0.487 e. The molecule has 1 aromatic heterocycles. The molecule has 5 aromatic rings. The number of benzene rings is 4. The van der Waals surface area contributed by atoms with Crippen molar-refractivity contribution in [2.24, 2.45) is 0 Å². The van der Waals surface area contributed by atoms with E-state index in [0.717, 1.165) is 53.7 Å². The van der Waals surface area contributed by atoms with Crippen molar-refractivity contribution in [3.63, 3.8) is 0 Å². The van der Waals surface area contributed by atoms with Crippen LogP contribution in [0.15, 0.2) is 101 Å². The van der Waals surface area contributed by atoms with E-state index in [1.807, 2.05) is 60.7 Å². The third kappa shape index (κ3) is 7.26. The van der Waals surface area contributed by atoms with Crippen molar-refractivity contribution in [1.82, 2.24) is 0 Å². The molecule has 42 heavy (non-hydrogen) atoms. The lowest BCUT2D eigenvalue weighted by Gasteiger charge is -2.15. The highest BCUT2D eigenvalue weighted by Crippen LogP contribution is 2.33. The second kappa shape index (κ2) is 13.7. The summed E-state index contributed by atoms with van der Waals surface area (Å²) >= 11 is 0. The second-order valence-corrected chi connectivity index (χ2v) is 10.4. The number of carbonyl (C=O) groups excluding carboxylic acids is 1. The lowest BCUT2D eigenvalue weighted by atomic mass is 9.97. The van der Waals surface area contributed by atoms with Crippen LogP contribution in [0.4, 0.5) is 5.69 Å². The van der Waals surface area contributed by atoms with Gasteiger partial charge in [-0.15, -0.1) is 0 Å². The number of aliphatic carboxylic acids is 1. The van der Waals surface area contributed by atoms with Crippen LogP contribution in [0.2, 0.25) is 0 Å². The van der Waals surface area contributed by atoms with Crippen molar-refractivity contribution in [1.29, 1.82) is 0 Å². The van der Waals surface area contributed by atoms with Crippen LogP contribution in [0, 0.1) is 0 Å². The van der Waals surface area contributed by atoms with Crippen LogP contribution < -0.4 is 10.1 Å². The van der Waals surface area contributed by atoms with Gasteiger partial charge in [-0.1, -0.05) is 92.2 Å². The number of unbranched alkanes of at least 4 members (excludes halogenated alkanes) is 1. The molecule has 0 unspecified atom stereocenters.